The van der Waals surface area contributed by atoms with E-state index in [1.807, 2.05) is 7.05 Å². The van der Waals surface area contributed by atoms with Gasteiger partial charge in [-0.15, -0.1) is 0 Å². The van der Waals surface area contributed by atoms with Crippen molar-refractivity contribution in [2.45, 2.75) is 12.8 Å². The number of aromatic nitrogens is 1. The van der Waals surface area contributed by atoms with Gasteiger partial charge in [-0.3, -0.25) is 4.79 Å². The smallest absolute Gasteiger partial charge is 0.227 e. The van der Waals surface area contributed by atoms with E-state index in [0.717, 1.165) is 13.0 Å². The molecule has 0 aromatic carbocycles. The van der Waals surface area contributed by atoms with Crippen LogP contribution in [0.3, 0.4) is 0 Å². The Morgan fingerprint density at radius 1 is 1.57 bits per heavy atom. The first-order chi connectivity index (χ1) is 6.76. The lowest BCUT2D eigenvalue weighted by molar-refractivity contribution is -0.120. The third-order valence-corrected chi connectivity index (χ3v) is 1.80. The molecule has 78 valence electrons. The minimum absolute atomic E-state index is 0.0682. The van der Waals surface area contributed by atoms with E-state index in [2.05, 4.69) is 15.6 Å². The highest BCUT2D eigenvalue weighted by molar-refractivity contribution is 5.77. The highest BCUT2D eigenvalue weighted by Crippen LogP contribution is 2.04. The monoisotopic (exact) mass is 197 g/mol. The number of rotatable bonds is 5. The van der Waals surface area contributed by atoms with E-state index in [1.165, 1.54) is 0 Å². The first-order valence-corrected chi connectivity index (χ1v) is 4.55. The van der Waals surface area contributed by atoms with Crippen LogP contribution in [0.1, 0.15) is 11.7 Å². The second-order valence-corrected chi connectivity index (χ2v) is 2.92. The van der Waals surface area contributed by atoms with E-state index in [4.69, 9.17) is 4.42 Å². The zero-order valence-corrected chi connectivity index (χ0v) is 8.46. The predicted molar refractivity (Wildman–Crippen MR) is 51.9 cm³/mol. The van der Waals surface area contributed by atoms with E-state index in [9.17, 15) is 4.79 Å². The SMILES string of the molecule is CNCCc1ncc(CC(=O)NC)o1. The maximum absolute atomic E-state index is 11.0. The Morgan fingerprint density at radius 3 is 3.00 bits per heavy atom. The van der Waals surface area contributed by atoms with Gasteiger partial charge in [0.05, 0.1) is 12.6 Å². The molecule has 0 bridgehead atoms. The lowest BCUT2D eigenvalue weighted by atomic mass is 10.3. The van der Waals surface area contributed by atoms with Crippen molar-refractivity contribution in [2.75, 3.05) is 20.6 Å². The molecule has 5 nitrogen and oxygen atoms in total. The molecule has 0 aliphatic rings. The number of hydrogen-bond donors (Lipinski definition) is 2. The number of carbonyl (C=O) groups is 1. The van der Waals surface area contributed by atoms with Crippen LogP contribution in [0.5, 0.6) is 0 Å². The molecule has 1 aromatic rings. The minimum atomic E-state index is -0.0682. The van der Waals surface area contributed by atoms with Crippen LogP contribution in [0.2, 0.25) is 0 Å². The van der Waals surface area contributed by atoms with Crippen LogP contribution < -0.4 is 10.6 Å². The van der Waals surface area contributed by atoms with Gasteiger partial charge in [0, 0.05) is 20.0 Å². The molecule has 1 aromatic heterocycles. The van der Waals surface area contributed by atoms with E-state index in [1.54, 1.807) is 13.2 Å². The van der Waals surface area contributed by atoms with E-state index >= 15 is 0 Å². The number of carbonyl (C=O) groups excluding carboxylic acids is 1. The van der Waals surface area contributed by atoms with Gasteiger partial charge in [0.2, 0.25) is 5.91 Å². The number of oxazole rings is 1. The number of nitrogens with zero attached hydrogens (tertiary/aromatic N) is 1. The van der Waals surface area contributed by atoms with Crippen LogP contribution in [-0.4, -0.2) is 31.5 Å². The number of amides is 1. The van der Waals surface area contributed by atoms with Gasteiger partial charge in [-0.2, -0.15) is 0 Å². The molecule has 0 radical (unpaired) electrons. The van der Waals surface area contributed by atoms with Gasteiger partial charge < -0.3 is 15.1 Å². The summed E-state index contributed by atoms with van der Waals surface area (Å²) in [5.41, 5.74) is 0. The molecule has 0 spiro atoms. The van der Waals surface area contributed by atoms with Crippen LogP contribution in [0.4, 0.5) is 0 Å². The Labute approximate surface area is 82.9 Å². The molecule has 0 aliphatic carbocycles. The number of likely N-dealkylation sites (N-methyl/N-ethyl adjacent to an activating group) is 2. The molecule has 0 saturated carbocycles. The van der Waals surface area contributed by atoms with Gasteiger partial charge in [0.1, 0.15) is 5.76 Å². The molecule has 0 atom stereocenters. The Balaban J connectivity index is 2.46. The van der Waals surface area contributed by atoms with Crippen LogP contribution in [0.15, 0.2) is 10.6 Å². The Bertz CT molecular complexity index is 296. The lowest BCUT2D eigenvalue weighted by Gasteiger charge is -1.95. The van der Waals surface area contributed by atoms with Gasteiger partial charge in [0.25, 0.3) is 0 Å². The Kier molecular flexibility index (Phi) is 4.12. The zero-order chi connectivity index (χ0) is 10.4. The first-order valence-electron chi connectivity index (χ1n) is 4.55. The van der Waals surface area contributed by atoms with Crippen LogP contribution in [0, 0.1) is 0 Å². The average Bonchev–Trinajstić information content (AvgIpc) is 2.62. The predicted octanol–water partition coefficient (Wildman–Crippen LogP) is -0.275. The molecular weight excluding hydrogens is 182 g/mol. The second-order valence-electron chi connectivity index (χ2n) is 2.92. The average molecular weight is 197 g/mol. The van der Waals surface area contributed by atoms with Crippen molar-refractivity contribution in [3.05, 3.63) is 17.8 Å². The summed E-state index contributed by atoms with van der Waals surface area (Å²) < 4.78 is 5.35. The number of nitrogens with one attached hydrogen (secondary N) is 2. The third kappa shape index (κ3) is 3.18. The summed E-state index contributed by atoms with van der Waals surface area (Å²) in [7, 11) is 3.47. The molecule has 0 unspecified atom stereocenters. The normalized spacial score (nSPS) is 10.1. The van der Waals surface area contributed by atoms with Gasteiger partial charge in [-0.05, 0) is 7.05 Å². The fraction of sp³-hybridized carbons (Fsp3) is 0.556. The van der Waals surface area contributed by atoms with Gasteiger partial charge in [-0.1, -0.05) is 0 Å². The number of hydrogen-bond acceptors (Lipinski definition) is 4. The fourth-order valence-corrected chi connectivity index (χ4v) is 1.02. The van der Waals surface area contributed by atoms with Crippen LogP contribution in [-0.2, 0) is 17.6 Å². The quantitative estimate of drug-likeness (QED) is 0.681. The van der Waals surface area contributed by atoms with Gasteiger partial charge in [0.15, 0.2) is 5.89 Å². The summed E-state index contributed by atoms with van der Waals surface area (Å²) in [6.45, 7) is 0.819. The molecule has 14 heavy (non-hydrogen) atoms. The van der Waals surface area contributed by atoms with Gasteiger partial charge in [-0.25, -0.2) is 4.98 Å². The fourth-order valence-electron chi connectivity index (χ4n) is 1.02. The van der Waals surface area contributed by atoms with E-state index in [0.29, 0.717) is 11.7 Å². The van der Waals surface area contributed by atoms with Crippen molar-refractivity contribution in [1.29, 1.82) is 0 Å². The molecular formula is C9H15N3O2. The summed E-state index contributed by atoms with van der Waals surface area (Å²) >= 11 is 0. The summed E-state index contributed by atoms with van der Waals surface area (Å²) in [6.07, 6.45) is 2.59. The summed E-state index contributed by atoms with van der Waals surface area (Å²) in [6, 6.07) is 0. The Morgan fingerprint density at radius 2 is 2.36 bits per heavy atom. The largest absolute Gasteiger partial charge is 0.445 e. The van der Waals surface area contributed by atoms with Crippen LogP contribution in [0.25, 0.3) is 0 Å². The summed E-state index contributed by atoms with van der Waals surface area (Å²) in [5, 5.41) is 5.52. The van der Waals surface area contributed by atoms with Crippen molar-refractivity contribution in [3.63, 3.8) is 0 Å². The van der Waals surface area contributed by atoms with Crippen molar-refractivity contribution >= 4 is 5.91 Å². The van der Waals surface area contributed by atoms with Crippen molar-refractivity contribution < 1.29 is 9.21 Å². The summed E-state index contributed by atoms with van der Waals surface area (Å²) in [4.78, 5) is 15.0. The third-order valence-electron chi connectivity index (χ3n) is 1.80. The second kappa shape index (κ2) is 5.39. The first kappa shape index (κ1) is 10.7. The molecule has 2 N–H and O–H groups in total. The van der Waals surface area contributed by atoms with Gasteiger partial charge >= 0.3 is 0 Å². The minimum Gasteiger partial charge on any atom is -0.445 e. The molecule has 0 saturated heterocycles. The maximum atomic E-state index is 11.0. The highest BCUT2D eigenvalue weighted by Gasteiger charge is 2.06. The molecule has 1 amide bonds. The topological polar surface area (TPSA) is 67.2 Å². The highest BCUT2D eigenvalue weighted by atomic mass is 16.4. The standard InChI is InChI=1S/C9H15N3O2/c1-10-4-3-9-12-6-7(14-9)5-8(13)11-2/h6,10H,3-5H2,1-2H3,(H,11,13). The molecule has 0 aliphatic heterocycles. The molecule has 0 fully saturated rings. The Hall–Kier alpha value is -1.36. The van der Waals surface area contributed by atoms with Crippen molar-refractivity contribution in [3.8, 4) is 0 Å². The maximum Gasteiger partial charge on any atom is 0.227 e. The summed E-state index contributed by atoms with van der Waals surface area (Å²) in [5.74, 6) is 1.20. The van der Waals surface area contributed by atoms with E-state index in [-0.39, 0.29) is 12.3 Å². The van der Waals surface area contributed by atoms with Crippen molar-refractivity contribution in [1.82, 2.24) is 15.6 Å². The molecule has 5 heteroatoms. The molecule has 1 heterocycles. The molecule has 1 rings (SSSR count). The van der Waals surface area contributed by atoms with Crippen molar-refractivity contribution in [2.24, 2.45) is 0 Å². The van der Waals surface area contributed by atoms with E-state index < -0.39 is 0 Å². The van der Waals surface area contributed by atoms with Crippen LogP contribution >= 0.6 is 0 Å². The lowest BCUT2D eigenvalue weighted by Crippen LogP contribution is -2.19. The zero-order valence-electron chi connectivity index (χ0n) is 8.46.